The Morgan fingerprint density at radius 1 is 1.40 bits per heavy atom. The lowest BCUT2D eigenvalue weighted by molar-refractivity contribution is -0.116. The fourth-order valence-electron chi connectivity index (χ4n) is 1.43. The number of alkyl halides is 2. The van der Waals surface area contributed by atoms with Gasteiger partial charge >= 0.3 is 6.61 Å². The molecule has 1 aromatic rings. The largest absolute Gasteiger partial charge is 0.432 e. The lowest BCUT2D eigenvalue weighted by Gasteiger charge is -2.15. The van der Waals surface area contributed by atoms with Crippen molar-refractivity contribution >= 4 is 11.6 Å². The van der Waals surface area contributed by atoms with Gasteiger partial charge in [-0.15, -0.1) is 0 Å². The first-order valence-corrected chi connectivity index (χ1v) is 6.09. The number of nitrogens with two attached hydrogens (primary N) is 1. The number of hydrogen-bond acceptors (Lipinski definition) is 3. The van der Waals surface area contributed by atoms with E-state index in [0.29, 0.717) is 0 Å². The molecule has 0 aliphatic rings. The van der Waals surface area contributed by atoms with E-state index in [1.165, 1.54) is 6.07 Å². The van der Waals surface area contributed by atoms with Crippen LogP contribution in [0.1, 0.15) is 20.3 Å². The van der Waals surface area contributed by atoms with Crippen LogP contribution in [-0.2, 0) is 4.79 Å². The van der Waals surface area contributed by atoms with Crippen LogP contribution in [-0.4, -0.2) is 18.6 Å². The van der Waals surface area contributed by atoms with Gasteiger partial charge in [-0.2, -0.15) is 8.78 Å². The van der Waals surface area contributed by atoms with Crippen LogP contribution < -0.4 is 15.8 Å². The summed E-state index contributed by atoms with van der Waals surface area (Å²) in [5.74, 6) is -1.78. The number of ether oxygens (including phenoxy) is 1. The minimum atomic E-state index is -3.10. The summed E-state index contributed by atoms with van der Waals surface area (Å²) < 4.78 is 41.3. The van der Waals surface area contributed by atoms with E-state index in [1.54, 1.807) is 0 Å². The number of amides is 1. The first-order chi connectivity index (χ1) is 9.29. The van der Waals surface area contributed by atoms with E-state index < -0.39 is 18.2 Å². The average Bonchev–Trinajstić information content (AvgIpc) is 2.31. The lowest BCUT2D eigenvalue weighted by atomic mass is 10.0. The number of halogens is 3. The molecule has 0 spiro atoms. The molecular formula is C13H17F3N2O2. The van der Waals surface area contributed by atoms with Crippen molar-refractivity contribution in [2.24, 2.45) is 11.7 Å². The molecule has 0 aliphatic heterocycles. The molecule has 0 heterocycles. The van der Waals surface area contributed by atoms with Crippen molar-refractivity contribution in [2.45, 2.75) is 32.9 Å². The molecule has 1 atom stereocenters. The summed E-state index contributed by atoms with van der Waals surface area (Å²) in [6.07, 6.45) is 0.0918. The Hall–Kier alpha value is -1.76. The summed E-state index contributed by atoms with van der Waals surface area (Å²) in [4.78, 5) is 11.6. The second kappa shape index (κ2) is 7.14. The molecule has 0 bridgehead atoms. The molecule has 1 unspecified atom stereocenters. The topological polar surface area (TPSA) is 64.4 Å². The normalized spacial score (nSPS) is 12.6. The molecule has 0 saturated heterocycles. The first-order valence-electron chi connectivity index (χ1n) is 6.09. The maximum Gasteiger partial charge on any atom is 0.387 e. The Morgan fingerprint density at radius 3 is 2.55 bits per heavy atom. The maximum atomic E-state index is 13.4. The summed E-state index contributed by atoms with van der Waals surface area (Å²) in [7, 11) is 0. The van der Waals surface area contributed by atoms with Crippen molar-refractivity contribution in [2.75, 3.05) is 5.32 Å². The highest BCUT2D eigenvalue weighted by molar-refractivity contribution is 5.91. The number of carbonyl (C=O) groups is 1. The zero-order valence-corrected chi connectivity index (χ0v) is 11.2. The third-order valence-corrected chi connectivity index (χ3v) is 2.71. The summed E-state index contributed by atoms with van der Waals surface area (Å²) >= 11 is 0. The monoisotopic (exact) mass is 290 g/mol. The summed E-state index contributed by atoms with van der Waals surface area (Å²) in [6, 6.07) is 2.91. The number of anilines is 1. The Labute approximate surface area is 115 Å². The van der Waals surface area contributed by atoms with E-state index in [4.69, 9.17) is 5.73 Å². The third-order valence-electron chi connectivity index (χ3n) is 2.71. The summed E-state index contributed by atoms with van der Waals surface area (Å²) in [5, 5.41) is 2.45. The van der Waals surface area contributed by atoms with Crippen LogP contribution in [0.5, 0.6) is 5.75 Å². The standard InChI is InChI=1S/C13H17F3N2O2/c1-7(2)10(17)6-12(19)18-8-3-4-11(9(14)5-8)20-13(15)16/h3-5,7,10,13H,6,17H2,1-2H3,(H,18,19). The van der Waals surface area contributed by atoms with Crippen molar-refractivity contribution in [1.29, 1.82) is 0 Å². The van der Waals surface area contributed by atoms with Gasteiger partial charge in [0.1, 0.15) is 0 Å². The van der Waals surface area contributed by atoms with Crippen LogP contribution in [0.15, 0.2) is 18.2 Å². The second-order valence-electron chi connectivity index (χ2n) is 4.68. The molecule has 1 rings (SSSR count). The van der Waals surface area contributed by atoms with Crippen molar-refractivity contribution in [3.8, 4) is 5.75 Å². The number of hydrogen-bond donors (Lipinski definition) is 2. The van der Waals surface area contributed by atoms with Gasteiger partial charge in [0.05, 0.1) is 0 Å². The zero-order valence-electron chi connectivity index (χ0n) is 11.2. The fraction of sp³-hybridized carbons (Fsp3) is 0.462. The number of benzene rings is 1. The van der Waals surface area contributed by atoms with Crippen LogP contribution in [0, 0.1) is 11.7 Å². The van der Waals surface area contributed by atoms with Crippen LogP contribution in [0.25, 0.3) is 0 Å². The van der Waals surface area contributed by atoms with E-state index in [2.05, 4.69) is 10.1 Å². The van der Waals surface area contributed by atoms with Gasteiger partial charge in [-0.05, 0) is 18.1 Å². The van der Waals surface area contributed by atoms with Crippen molar-refractivity contribution in [1.82, 2.24) is 0 Å². The molecule has 7 heteroatoms. The Kier molecular flexibility index (Phi) is 5.82. The fourth-order valence-corrected chi connectivity index (χ4v) is 1.43. The van der Waals surface area contributed by atoms with Crippen LogP contribution in [0.3, 0.4) is 0 Å². The van der Waals surface area contributed by atoms with E-state index in [1.807, 2.05) is 13.8 Å². The van der Waals surface area contributed by atoms with E-state index >= 15 is 0 Å². The molecule has 0 saturated carbocycles. The summed E-state index contributed by atoms with van der Waals surface area (Å²) in [6.45, 7) is 0.663. The SMILES string of the molecule is CC(C)C(N)CC(=O)Nc1ccc(OC(F)F)c(F)c1. The van der Waals surface area contributed by atoms with Gasteiger partial charge in [0.15, 0.2) is 11.6 Å². The summed E-state index contributed by atoms with van der Waals surface area (Å²) in [5.41, 5.74) is 5.90. The second-order valence-corrected chi connectivity index (χ2v) is 4.68. The molecule has 3 N–H and O–H groups in total. The Balaban J connectivity index is 2.65. The van der Waals surface area contributed by atoms with Gasteiger partial charge < -0.3 is 15.8 Å². The maximum absolute atomic E-state index is 13.4. The van der Waals surface area contributed by atoms with E-state index in [-0.39, 0.29) is 30.0 Å². The number of rotatable bonds is 6. The van der Waals surface area contributed by atoms with Crippen molar-refractivity contribution in [3.05, 3.63) is 24.0 Å². The van der Waals surface area contributed by atoms with Gasteiger partial charge in [-0.1, -0.05) is 13.8 Å². The van der Waals surface area contributed by atoms with Crippen LogP contribution >= 0.6 is 0 Å². The van der Waals surface area contributed by atoms with Crippen LogP contribution in [0.2, 0.25) is 0 Å². The highest BCUT2D eigenvalue weighted by Crippen LogP contribution is 2.23. The van der Waals surface area contributed by atoms with E-state index in [9.17, 15) is 18.0 Å². The van der Waals surface area contributed by atoms with Gasteiger partial charge in [0, 0.05) is 24.2 Å². The number of nitrogens with one attached hydrogen (secondary N) is 1. The zero-order chi connectivity index (χ0) is 15.3. The van der Waals surface area contributed by atoms with E-state index in [0.717, 1.165) is 12.1 Å². The first kappa shape index (κ1) is 16.3. The van der Waals surface area contributed by atoms with Crippen molar-refractivity contribution < 1.29 is 22.7 Å². The van der Waals surface area contributed by atoms with Gasteiger partial charge in [-0.25, -0.2) is 4.39 Å². The predicted octanol–water partition coefficient (Wildman–Crippen LogP) is 2.74. The molecule has 0 radical (unpaired) electrons. The predicted molar refractivity (Wildman–Crippen MR) is 69.1 cm³/mol. The molecular weight excluding hydrogens is 273 g/mol. The van der Waals surface area contributed by atoms with Gasteiger partial charge in [0.25, 0.3) is 0 Å². The highest BCUT2D eigenvalue weighted by Gasteiger charge is 2.14. The minimum absolute atomic E-state index is 0.0918. The molecule has 20 heavy (non-hydrogen) atoms. The quantitative estimate of drug-likeness (QED) is 0.846. The minimum Gasteiger partial charge on any atom is -0.432 e. The third kappa shape index (κ3) is 5.08. The molecule has 0 aromatic heterocycles. The Morgan fingerprint density at radius 2 is 2.05 bits per heavy atom. The lowest BCUT2D eigenvalue weighted by Crippen LogP contribution is -2.31. The van der Waals surface area contributed by atoms with Crippen LogP contribution in [0.4, 0.5) is 18.9 Å². The van der Waals surface area contributed by atoms with Gasteiger partial charge in [-0.3, -0.25) is 4.79 Å². The smallest absolute Gasteiger partial charge is 0.387 e. The molecule has 1 amide bonds. The molecule has 0 fully saturated rings. The molecule has 1 aromatic carbocycles. The molecule has 4 nitrogen and oxygen atoms in total. The average molecular weight is 290 g/mol. The number of carbonyl (C=O) groups excluding carboxylic acids is 1. The van der Waals surface area contributed by atoms with Gasteiger partial charge in [0.2, 0.25) is 5.91 Å². The Bertz CT molecular complexity index is 467. The molecule has 0 aliphatic carbocycles. The highest BCUT2D eigenvalue weighted by atomic mass is 19.3. The van der Waals surface area contributed by atoms with Crippen molar-refractivity contribution in [3.63, 3.8) is 0 Å². The molecule has 112 valence electrons.